The standard InChI is InChI=1S/C32H26I2O6/c1-37-22-15-20(35)27(33)31-24(22)19(14-13-17-9-5-3-6-10-17)25-29(18-11-7-4-8-12-18)39-32-26(30(25)40-31)23(38-2)16-21(36)28(32)34/h3-16,19,25,29-30,35-36H,1-2H3/b14-13+/t19-,25-,29-,30-/m1/s1. The highest BCUT2D eigenvalue weighted by Crippen LogP contribution is 2.63. The highest BCUT2D eigenvalue weighted by molar-refractivity contribution is 14.1. The number of methoxy groups -OCH3 is 2. The van der Waals surface area contributed by atoms with Gasteiger partial charge in [-0.05, 0) is 56.3 Å². The second-order valence-electron chi connectivity index (χ2n) is 9.67. The Morgan fingerprint density at radius 3 is 1.85 bits per heavy atom. The van der Waals surface area contributed by atoms with Crippen LogP contribution in [0.5, 0.6) is 34.5 Å². The van der Waals surface area contributed by atoms with Gasteiger partial charge in [-0.25, -0.2) is 0 Å². The molecule has 0 spiro atoms. The first-order valence-electron chi connectivity index (χ1n) is 12.7. The van der Waals surface area contributed by atoms with Crippen LogP contribution < -0.4 is 18.9 Å². The number of rotatable bonds is 5. The van der Waals surface area contributed by atoms with Gasteiger partial charge in [0.15, 0.2) is 0 Å². The lowest BCUT2D eigenvalue weighted by Crippen LogP contribution is -2.40. The highest BCUT2D eigenvalue weighted by Gasteiger charge is 2.52. The second-order valence-corrected chi connectivity index (χ2v) is 11.8. The summed E-state index contributed by atoms with van der Waals surface area (Å²) in [6.45, 7) is 0. The minimum absolute atomic E-state index is 0.0760. The van der Waals surface area contributed by atoms with Crippen molar-refractivity contribution in [3.05, 3.63) is 108 Å². The van der Waals surface area contributed by atoms with Gasteiger partial charge in [-0.3, -0.25) is 0 Å². The molecule has 6 nitrogen and oxygen atoms in total. The van der Waals surface area contributed by atoms with Gasteiger partial charge in [-0.2, -0.15) is 0 Å². The molecule has 0 aliphatic carbocycles. The van der Waals surface area contributed by atoms with Crippen LogP contribution in [-0.2, 0) is 0 Å². The average molecular weight is 760 g/mol. The SMILES string of the molecule is COc1cc(O)c(I)c2c1[C@@H](/C=C/c1ccccc1)[C@@H]1[C@@H](c3ccccc3)Oc3c(I)c(O)cc(OC)c3[C@@H]1O2. The van der Waals surface area contributed by atoms with Crippen molar-refractivity contribution in [2.45, 2.75) is 18.1 Å². The van der Waals surface area contributed by atoms with Gasteiger partial charge < -0.3 is 29.2 Å². The van der Waals surface area contributed by atoms with E-state index < -0.39 is 12.2 Å². The summed E-state index contributed by atoms with van der Waals surface area (Å²) in [5.41, 5.74) is 3.62. The fourth-order valence-corrected chi connectivity index (χ4v) is 6.85. The van der Waals surface area contributed by atoms with Crippen molar-refractivity contribution in [2.24, 2.45) is 5.92 Å². The molecule has 0 fully saturated rings. The molecule has 8 heteroatoms. The lowest BCUT2D eigenvalue weighted by atomic mass is 9.71. The van der Waals surface area contributed by atoms with Gasteiger partial charge in [-0.1, -0.05) is 72.8 Å². The first kappa shape index (κ1) is 27.1. The number of hydrogen-bond acceptors (Lipinski definition) is 6. The quantitative estimate of drug-likeness (QED) is 0.201. The molecule has 0 unspecified atom stereocenters. The zero-order valence-corrected chi connectivity index (χ0v) is 26.0. The molecule has 0 saturated heterocycles. The van der Waals surface area contributed by atoms with E-state index in [4.69, 9.17) is 18.9 Å². The fraction of sp³-hybridized carbons (Fsp3) is 0.188. The van der Waals surface area contributed by atoms with Gasteiger partial charge in [0.1, 0.15) is 46.7 Å². The van der Waals surface area contributed by atoms with E-state index in [1.54, 1.807) is 26.4 Å². The number of fused-ring (bicyclic) bond motifs is 4. The Balaban J connectivity index is 1.65. The van der Waals surface area contributed by atoms with E-state index >= 15 is 0 Å². The molecule has 0 amide bonds. The van der Waals surface area contributed by atoms with Crippen LogP contribution in [0.1, 0.15) is 40.4 Å². The topological polar surface area (TPSA) is 77.4 Å². The van der Waals surface area contributed by atoms with Crippen LogP contribution in [0.15, 0.2) is 78.9 Å². The largest absolute Gasteiger partial charge is 0.507 e. The Labute approximate surface area is 259 Å². The summed E-state index contributed by atoms with van der Waals surface area (Å²) >= 11 is 4.23. The molecule has 0 saturated carbocycles. The van der Waals surface area contributed by atoms with Crippen LogP contribution in [0.2, 0.25) is 0 Å². The van der Waals surface area contributed by atoms with Crippen molar-refractivity contribution < 1.29 is 29.2 Å². The molecule has 0 bridgehead atoms. The molecule has 0 aromatic heterocycles. The van der Waals surface area contributed by atoms with Gasteiger partial charge in [0.25, 0.3) is 0 Å². The van der Waals surface area contributed by atoms with E-state index in [2.05, 4.69) is 69.5 Å². The third-order valence-electron chi connectivity index (χ3n) is 7.49. The first-order chi connectivity index (χ1) is 19.4. The molecule has 4 atom stereocenters. The minimum Gasteiger partial charge on any atom is -0.507 e. The summed E-state index contributed by atoms with van der Waals surface area (Å²) < 4.78 is 26.5. The molecule has 6 rings (SSSR count). The van der Waals surface area contributed by atoms with Gasteiger partial charge >= 0.3 is 0 Å². The number of phenolic OH excluding ortho intramolecular Hbond substituents is 2. The van der Waals surface area contributed by atoms with Crippen molar-refractivity contribution in [1.29, 1.82) is 0 Å². The summed E-state index contributed by atoms with van der Waals surface area (Å²) in [5, 5.41) is 21.6. The molecule has 40 heavy (non-hydrogen) atoms. The minimum atomic E-state index is -0.518. The molecule has 2 N–H and O–H groups in total. The Bertz CT molecular complexity index is 1590. The zero-order chi connectivity index (χ0) is 28.0. The molecular weight excluding hydrogens is 734 g/mol. The summed E-state index contributed by atoms with van der Waals surface area (Å²) in [7, 11) is 3.17. The number of benzene rings is 4. The number of phenols is 2. The van der Waals surface area contributed by atoms with Gasteiger partial charge in [0.05, 0.1) is 32.8 Å². The Kier molecular flexibility index (Phi) is 7.47. The molecule has 2 heterocycles. The van der Waals surface area contributed by atoms with E-state index in [0.717, 1.165) is 22.3 Å². The number of ether oxygens (including phenoxy) is 4. The van der Waals surface area contributed by atoms with Crippen molar-refractivity contribution >= 4 is 51.3 Å². The Morgan fingerprint density at radius 1 is 0.725 bits per heavy atom. The Hall–Kier alpha value is -3.12. The summed E-state index contributed by atoms with van der Waals surface area (Å²) in [6, 6.07) is 23.4. The van der Waals surface area contributed by atoms with E-state index in [1.165, 1.54) is 0 Å². The maximum absolute atomic E-state index is 10.8. The molecular formula is C32H26I2O6. The second kappa shape index (κ2) is 11.0. The third-order valence-corrected chi connectivity index (χ3v) is 9.57. The molecule has 0 radical (unpaired) electrons. The van der Waals surface area contributed by atoms with Crippen LogP contribution in [0, 0.1) is 13.1 Å². The number of halogens is 2. The zero-order valence-electron chi connectivity index (χ0n) is 21.7. The maximum Gasteiger partial charge on any atom is 0.148 e. The molecule has 204 valence electrons. The van der Waals surface area contributed by atoms with Crippen LogP contribution >= 0.6 is 45.2 Å². The first-order valence-corrected chi connectivity index (χ1v) is 14.9. The average Bonchev–Trinajstić information content (AvgIpc) is 2.99. The van der Waals surface area contributed by atoms with Crippen LogP contribution in [0.4, 0.5) is 0 Å². The predicted molar refractivity (Wildman–Crippen MR) is 170 cm³/mol. The number of allylic oxidation sites excluding steroid dienone is 1. The van der Waals surface area contributed by atoms with Crippen LogP contribution in [-0.4, -0.2) is 24.4 Å². The molecule has 2 aliphatic rings. The van der Waals surface area contributed by atoms with Gasteiger partial charge in [0, 0.05) is 23.6 Å². The lowest BCUT2D eigenvalue weighted by Gasteiger charge is -2.47. The number of hydrogen-bond donors (Lipinski definition) is 2. The predicted octanol–water partition coefficient (Wildman–Crippen LogP) is 8.00. The van der Waals surface area contributed by atoms with Crippen molar-refractivity contribution in [3.8, 4) is 34.5 Å². The summed E-state index contributed by atoms with van der Waals surface area (Å²) in [5.74, 6) is 1.80. The monoisotopic (exact) mass is 760 g/mol. The van der Waals surface area contributed by atoms with Gasteiger partial charge in [0.2, 0.25) is 0 Å². The number of aromatic hydroxyl groups is 2. The highest BCUT2D eigenvalue weighted by atomic mass is 127. The van der Waals surface area contributed by atoms with Gasteiger partial charge in [-0.15, -0.1) is 0 Å². The molecule has 4 aromatic carbocycles. The van der Waals surface area contributed by atoms with E-state index in [0.29, 0.717) is 30.1 Å². The summed E-state index contributed by atoms with van der Waals surface area (Å²) in [6.07, 6.45) is 3.33. The van der Waals surface area contributed by atoms with Crippen molar-refractivity contribution in [3.63, 3.8) is 0 Å². The van der Waals surface area contributed by atoms with Crippen LogP contribution in [0.25, 0.3) is 6.08 Å². The van der Waals surface area contributed by atoms with Crippen molar-refractivity contribution in [2.75, 3.05) is 14.2 Å². The van der Waals surface area contributed by atoms with E-state index in [-0.39, 0.29) is 23.3 Å². The van der Waals surface area contributed by atoms with E-state index in [9.17, 15) is 10.2 Å². The van der Waals surface area contributed by atoms with Crippen LogP contribution in [0.3, 0.4) is 0 Å². The molecule has 4 aromatic rings. The maximum atomic E-state index is 10.8. The Morgan fingerprint density at radius 2 is 1.25 bits per heavy atom. The van der Waals surface area contributed by atoms with Crippen molar-refractivity contribution in [1.82, 2.24) is 0 Å². The third kappa shape index (κ3) is 4.54. The molecule has 2 aliphatic heterocycles. The smallest absolute Gasteiger partial charge is 0.148 e. The summed E-state index contributed by atoms with van der Waals surface area (Å²) in [4.78, 5) is 0. The lowest BCUT2D eigenvalue weighted by molar-refractivity contribution is -0.0118. The van der Waals surface area contributed by atoms with E-state index in [1.807, 2.05) is 48.5 Å². The fourth-order valence-electron chi connectivity index (χ4n) is 5.70. The normalized spacial score (nSPS) is 21.0.